The first-order chi connectivity index (χ1) is 13.3. The molecule has 2 rings (SSSR count). The van der Waals surface area contributed by atoms with E-state index in [9.17, 15) is 0 Å². The summed E-state index contributed by atoms with van der Waals surface area (Å²) in [6.07, 6.45) is 0.806. The van der Waals surface area contributed by atoms with E-state index in [0.717, 1.165) is 40.9 Å². The first-order valence-corrected chi connectivity index (χ1v) is 13.5. The highest BCUT2D eigenvalue weighted by atomic mass is 35.5. The van der Waals surface area contributed by atoms with Gasteiger partial charge in [0.1, 0.15) is 5.75 Å². The van der Waals surface area contributed by atoms with Crippen molar-refractivity contribution >= 4 is 33.0 Å². The number of benzene rings is 1. The maximum Gasteiger partial charge on any atom is 0.495 e. The summed E-state index contributed by atoms with van der Waals surface area (Å²) in [4.78, 5) is 0. The monoisotopic (exact) mass is 438 g/mol. The average Bonchev–Trinajstić information content (AvgIpc) is 2.80. The first-order valence-electron chi connectivity index (χ1n) is 11.1. The summed E-state index contributed by atoms with van der Waals surface area (Å²) in [5.74, 6) is 0.774. The standard InChI is InChI=1S/C23H40BClO3Si/c1-11-18-19(24-27-22(7,8)23(9,10)28-24)12-13-20(21(18)25)26-14-17(6)29(15(2)3)16(4)5/h12-13,15-17,29H,11,14H2,1-10H3. The molecule has 6 heteroatoms. The Bertz CT molecular complexity index is 682. The molecule has 1 atom stereocenters. The van der Waals surface area contributed by atoms with Crippen LogP contribution in [-0.2, 0) is 15.7 Å². The van der Waals surface area contributed by atoms with Crippen LogP contribution in [0.5, 0.6) is 5.75 Å². The molecular formula is C23H40BClO3Si. The van der Waals surface area contributed by atoms with Gasteiger partial charge in [0.2, 0.25) is 0 Å². The molecular weight excluding hydrogens is 399 g/mol. The molecule has 0 bridgehead atoms. The molecule has 1 aromatic rings. The van der Waals surface area contributed by atoms with Crippen LogP contribution in [0.4, 0.5) is 0 Å². The lowest BCUT2D eigenvalue weighted by molar-refractivity contribution is 0.00578. The van der Waals surface area contributed by atoms with Gasteiger partial charge < -0.3 is 14.0 Å². The van der Waals surface area contributed by atoms with Crippen molar-refractivity contribution in [2.45, 2.75) is 103 Å². The molecule has 0 saturated carbocycles. The Labute approximate surface area is 185 Å². The van der Waals surface area contributed by atoms with Crippen LogP contribution < -0.4 is 10.2 Å². The summed E-state index contributed by atoms with van der Waals surface area (Å²) in [5, 5.41) is 0.694. The fourth-order valence-corrected chi connectivity index (χ4v) is 9.54. The van der Waals surface area contributed by atoms with Crippen LogP contribution in [0.3, 0.4) is 0 Å². The Morgan fingerprint density at radius 1 is 1.00 bits per heavy atom. The van der Waals surface area contributed by atoms with E-state index in [0.29, 0.717) is 10.6 Å². The van der Waals surface area contributed by atoms with E-state index in [1.165, 1.54) is 0 Å². The summed E-state index contributed by atoms with van der Waals surface area (Å²) >= 11 is 6.80. The van der Waals surface area contributed by atoms with Crippen molar-refractivity contribution in [3.05, 3.63) is 22.7 Å². The highest BCUT2D eigenvalue weighted by Gasteiger charge is 2.52. The summed E-state index contributed by atoms with van der Waals surface area (Å²) in [5.41, 5.74) is 3.45. The van der Waals surface area contributed by atoms with Crippen molar-refractivity contribution in [3.63, 3.8) is 0 Å². The minimum absolute atomic E-state index is 0.368. The van der Waals surface area contributed by atoms with E-state index >= 15 is 0 Å². The molecule has 1 aliphatic heterocycles. The molecule has 1 heterocycles. The smallest absolute Gasteiger partial charge is 0.492 e. The first kappa shape index (κ1) is 24.8. The maximum absolute atomic E-state index is 6.80. The van der Waals surface area contributed by atoms with Gasteiger partial charge in [-0.05, 0) is 56.7 Å². The zero-order valence-corrected chi connectivity index (χ0v) is 22.0. The number of hydrogen-bond acceptors (Lipinski definition) is 3. The van der Waals surface area contributed by atoms with Gasteiger partial charge in [0.25, 0.3) is 0 Å². The van der Waals surface area contributed by atoms with Crippen molar-refractivity contribution in [1.82, 2.24) is 0 Å². The average molecular weight is 439 g/mol. The summed E-state index contributed by atoms with van der Waals surface area (Å²) in [6, 6.07) is 4.04. The molecule has 164 valence electrons. The van der Waals surface area contributed by atoms with E-state index in [2.05, 4.69) is 75.3 Å². The van der Waals surface area contributed by atoms with E-state index in [1.54, 1.807) is 0 Å². The summed E-state index contributed by atoms with van der Waals surface area (Å²) < 4.78 is 18.8. The summed E-state index contributed by atoms with van der Waals surface area (Å²) in [6.45, 7) is 22.9. The normalized spacial score (nSPS) is 19.4. The van der Waals surface area contributed by atoms with Gasteiger partial charge in [-0.2, -0.15) is 0 Å². The van der Waals surface area contributed by atoms with E-state index < -0.39 is 15.9 Å². The number of ether oxygens (including phenoxy) is 1. The molecule has 1 aliphatic rings. The topological polar surface area (TPSA) is 27.7 Å². The fraction of sp³-hybridized carbons (Fsp3) is 0.739. The van der Waals surface area contributed by atoms with E-state index in [1.807, 2.05) is 6.07 Å². The van der Waals surface area contributed by atoms with Gasteiger partial charge in [-0.3, -0.25) is 0 Å². The zero-order valence-electron chi connectivity index (χ0n) is 20.1. The Morgan fingerprint density at radius 2 is 1.52 bits per heavy atom. The van der Waals surface area contributed by atoms with Crippen LogP contribution in [0.15, 0.2) is 12.1 Å². The molecule has 29 heavy (non-hydrogen) atoms. The molecule has 1 fully saturated rings. The largest absolute Gasteiger partial charge is 0.495 e. The minimum atomic E-state index is -0.917. The van der Waals surface area contributed by atoms with Crippen LogP contribution in [-0.4, -0.2) is 33.7 Å². The third-order valence-corrected chi connectivity index (χ3v) is 11.8. The number of hydrogen-bond donors (Lipinski definition) is 0. The summed E-state index contributed by atoms with van der Waals surface area (Å²) in [7, 11) is -1.32. The van der Waals surface area contributed by atoms with Crippen LogP contribution in [0.25, 0.3) is 0 Å². The molecule has 3 nitrogen and oxygen atoms in total. The van der Waals surface area contributed by atoms with Crippen LogP contribution in [0, 0.1) is 0 Å². The molecule has 0 amide bonds. The van der Waals surface area contributed by atoms with Gasteiger partial charge in [-0.1, -0.05) is 70.3 Å². The van der Waals surface area contributed by atoms with Crippen LogP contribution >= 0.6 is 11.6 Å². The van der Waals surface area contributed by atoms with Crippen molar-refractivity contribution in [3.8, 4) is 5.75 Å². The second kappa shape index (κ2) is 9.34. The number of rotatable bonds is 8. The molecule has 1 saturated heterocycles. The molecule has 1 aromatic carbocycles. The molecule has 0 spiro atoms. The quantitative estimate of drug-likeness (QED) is 0.464. The van der Waals surface area contributed by atoms with Crippen molar-refractivity contribution in [2.75, 3.05) is 6.61 Å². The SMILES string of the molecule is CCc1c(B2OC(C)(C)C(C)(C)O2)ccc(OCC(C)[SiH](C(C)C)C(C)C)c1Cl. The highest BCUT2D eigenvalue weighted by Crippen LogP contribution is 2.38. The zero-order chi connectivity index (χ0) is 22.1. The Balaban J connectivity index is 2.21. The molecule has 0 radical (unpaired) electrons. The molecule has 0 aliphatic carbocycles. The predicted octanol–water partition coefficient (Wildman–Crippen LogP) is 6.02. The van der Waals surface area contributed by atoms with Gasteiger partial charge in [0.15, 0.2) is 0 Å². The Hall–Kier alpha value is -0.488. The van der Waals surface area contributed by atoms with Gasteiger partial charge in [-0.25, -0.2) is 0 Å². The van der Waals surface area contributed by atoms with Crippen LogP contribution in [0.2, 0.25) is 21.6 Å². The van der Waals surface area contributed by atoms with Gasteiger partial charge in [0.05, 0.1) is 22.8 Å². The van der Waals surface area contributed by atoms with E-state index in [-0.39, 0.29) is 11.2 Å². The van der Waals surface area contributed by atoms with Crippen molar-refractivity contribution in [1.29, 1.82) is 0 Å². The second-order valence-corrected chi connectivity index (χ2v) is 15.6. The van der Waals surface area contributed by atoms with Crippen molar-refractivity contribution < 1.29 is 14.0 Å². The Kier molecular flexibility index (Phi) is 7.98. The fourth-order valence-electron chi connectivity index (χ4n) is 4.69. The lowest BCUT2D eigenvalue weighted by atomic mass is 9.75. The molecule has 1 unspecified atom stereocenters. The second-order valence-electron chi connectivity index (χ2n) is 10.2. The lowest BCUT2D eigenvalue weighted by Gasteiger charge is -2.32. The van der Waals surface area contributed by atoms with Gasteiger partial charge in [-0.15, -0.1) is 0 Å². The molecule has 0 N–H and O–H groups in total. The third kappa shape index (κ3) is 5.23. The predicted molar refractivity (Wildman–Crippen MR) is 129 cm³/mol. The number of halogens is 1. The van der Waals surface area contributed by atoms with Crippen LogP contribution in [0.1, 0.15) is 74.8 Å². The highest BCUT2D eigenvalue weighted by molar-refractivity contribution is 6.63. The molecule has 0 aromatic heterocycles. The lowest BCUT2D eigenvalue weighted by Crippen LogP contribution is -2.41. The Morgan fingerprint density at radius 3 is 1.97 bits per heavy atom. The van der Waals surface area contributed by atoms with Gasteiger partial charge >= 0.3 is 7.12 Å². The van der Waals surface area contributed by atoms with Gasteiger partial charge in [0, 0.05) is 8.80 Å². The minimum Gasteiger partial charge on any atom is -0.492 e. The third-order valence-electron chi connectivity index (χ3n) is 6.80. The van der Waals surface area contributed by atoms with Crippen molar-refractivity contribution in [2.24, 2.45) is 0 Å². The van der Waals surface area contributed by atoms with E-state index in [4.69, 9.17) is 25.6 Å². The maximum atomic E-state index is 6.80.